The average molecular weight is 284 g/mol. The summed E-state index contributed by atoms with van der Waals surface area (Å²) in [5.41, 5.74) is 7.56. The van der Waals surface area contributed by atoms with Crippen LogP contribution in [0.1, 0.15) is 5.82 Å². The molecule has 1 atom stereocenters. The molecule has 1 unspecified atom stereocenters. The number of hydrogen-bond donors (Lipinski definition) is 2. The van der Waals surface area contributed by atoms with Crippen LogP contribution in [0.2, 0.25) is 0 Å². The van der Waals surface area contributed by atoms with E-state index in [1.165, 1.54) is 0 Å². The van der Waals surface area contributed by atoms with Crippen LogP contribution < -0.4 is 5.73 Å². The van der Waals surface area contributed by atoms with Gasteiger partial charge in [0.2, 0.25) is 0 Å². The monoisotopic (exact) mass is 283 g/mol. The highest BCUT2D eigenvalue weighted by Gasteiger charge is 2.09. The van der Waals surface area contributed by atoms with Crippen molar-refractivity contribution in [3.05, 3.63) is 28.5 Å². The molecule has 4 nitrogen and oxygen atoms in total. The van der Waals surface area contributed by atoms with Crippen LogP contribution in [-0.2, 0) is 11.2 Å². The highest BCUT2D eigenvalue weighted by molar-refractivity contribution is 9.10. The molecule has 1 heterocycles. The number of imidazole rings is 1. The van der Waals surface area contributed by atoms with E-state index in [1.54, 1.807) is 7.11 Å². The zero-order chi connectivity index (χ0) is 11.5. The summed E-state index contributed by atoms with van der Waals surface area (Å²) in [5, 5.41) is 0. The lowest BCUT2D eigenvalue weighted by Gasteiger charge is -2.09. The number of ether oxygens (including phenoxy) is 1. The van der Waals surface area contributed by atoms with Gasteiger partial charge in [-0.2, -0.15) is 0 Å². The number of hydrogen-bond acceptors (Lipinski definition) is 3. The number of aromatic nitrogens is 2. The number of benzene rings is 1. The van der Waals surface area contributed by atoms with E-state index in [4.69, 9.17) is 10.5 Å². The minimum absolute atomic E-state index is 0.0176. The fourth-order valence-corrected chi connectivity index (χ4v) is 1.97. The Labute approximate surface area is 102 Å². The van der Waals surface area contributed by atoms with Gasteiger partial charge >= 0.3 is 0 Å². The van der Waals surface area contributed by atoms with Gasteiger partial charge < -0.3 is 15.5 Å². The summed E-state index contributed by atoms with van der Waals surface area (Å²) in [5.74, 6) is 0.908. The maximum atomic E-state index is 5.58. The molecule has 2 aromatic rings. The zero-order valence-corrected chi connectivity index (χ0v) is 10.6. The number of halogens is 1. The third kappa shape index (κ3) is 2.42. The van der Waals surface area contributed by atoms with Crippen molar-refractivity contribution in [1.29, 1.82) is 0 Å². The number of nitrogens with two attached hydrogens (primary N) is 1. The SMILES string of the molecule is COC(CN)Cc1nc2ccc(Br)cc2[nH]1. The lowest BCUT2D eigenvalue weighted by atomic mass is 10.2. The topological polar surface area (TPSA) is 63.9 Å². The first-order valence-electron chi connectivity index (χ1n) is 5.10. The summed E-state index contributed by atoms with van der Waals surface area (Å²) in [4.78, 5) is 7.74. The first kappa shape index (κ1) is 11.6. The molecule has 5 heteroatoms. The van der Waals surface area contributed by atoms with Gasteiger partial charge in [0.25, 0.3) is 0 Å². The largest absolute Gasteiger partial charge is 0.380 e. The van der Waals surface area contributed by atoms with Gasteiger partial charge in [0.1, 0.15) is 5.82 Å². The van der Waals surface area contributed by atoms with E-state index in [0.29, 0.717) is 13.0 Å². The van der Waals surface area contributed by atoms with Gasteiger partial charge in [-0.3, -0.25) is 0 Å². The number of H-pyrrole nitrogens is 1. The second-order valence-corrected chi connectivity index (χ2v) is 4.56. The molecule has 0 aliphatic heterocycles. The van der Waals surface area contributed by atoms with Crippen molar-refractivity contribution >= 4 is 27.0 Å². The number of methoxy groups -OCH3 is 1. The first-order chi connectivity index (χ1) is 7.72. The van der Waals surface area contributed by atoms with E-state index in [-0.39, 0.29) is 6.10 Å². The van der Waals surface area contributed by atoms with Gasteiger partial charge in [-0.1, -0.05) is 15.9 Å². The standard InChI is InChI=1S/C11H14BrN3O/c1-16-8(6-13)5-11-14-9-3-2-7(12)4-10(9)15-11/h2-4,8H,5-6,13H2,1H3,(H,14,15). The zero-order valence-electron chi connectivity index (χ0n) is 9.03. The molecule has 0 spiro atoms. The van der Waals surface area contributed by atoms with E-state index >= 15 is 0 Å². The number of rotatable bonds is 4. The van der Waals surface area contributed by atoms with E-state index in [2.05, 4.69) is 25.9 Å². The molecule has 0 amide bonds. The van der Waals surface area contributed by atoms with Crippen LogP contribution in [0.3, 0.4) is 0 Å². The molecule has 1 aromatic heterocycles. The molecule has 1 aromatic carbocycles. The second-order valence-electron chi connectivity index (χ2n) is 3.64. The van der Waals surface area contributed by atoms with E-state index in [1.807, 2.05) is 18.2 Å². The summed E-state index contributed by atoms with van der Waals surface area (Å²) in [6, 6.07) is 5.96. The van der Waals surface area contributed by atoms with Crippen LogP contribution in [0.4, 0.5) is 0 Å². The van der Waals surface area contributed by atoms with Crippen molar-refractivity contribution in [3.63, 3.8) is 0 Å². The van der Waals surface area contributed by atoms with Gasteiger partial charge in [-0.25, -0.2) is 4.98 Å². The molecule has 2 rings (SSSR count). The summed E-state index contributed by atoms with van der Waals surface area (Å²) < 4.78 is 6.27. The normalized spacial score (nSPS) is 13.2. The van der Waals surface area contributed by atoms with E-state index < -0.39 is 0 Å². The Morgan fingerprint density at radius 1 is 1.56 bits per heavy atom. The summed E-state index contributed by atoms with van der Waals surface area (Å²) >= 11 is 3.43. The number of aromatic amines is 1. The quantitative estimate of drug-likeness (QED) is 0.900. The van der Waals surface area contributed by atoms with Gasteiger partial charge in [0, 0.05) is 24.5 Å². The van der Waals surface area contributed by atoms with Crippen molar-refractivity contribution < 1.29 is 4.74 Å². The molecule has 86 valence electrons. The highest BCUT2D eigenvalue weighted by Crippen LogP contribution is 2.18. The highest BCUT2D eigenvalue weighted by atomic mass is 79.9. The Bertz CT molecular complexity index is 479. The Morgan fingerprint density at radius 3 is 3.06 bits per heavy atom. The number of fused-ring (bicyclic) bond motifs is 1. The Morgan fingerprint density at radius 2 is 2.38 bits per heavy atom. The Hall–Kier alpha value is -0.910. The van der Waals surface area contributed by atoms with Crippen LogP contribution in [0.5, 0.6) is 0 Å². The molecular weight excluding hydrogens is 270 g/mol. The summed E-state index contributed by atoms with van der Waals surface area (Å²) in [7, 11) is 1.66. The molecule has 0 saturated heterocycles. The first-order valence-corrected chi connectivity index (χ1v) is 5.89. The smallest absolute Gasteiger partial charge is 0.109 e. The Kier molecular flexibility index (Phi) is 3.58. The predicted molar refractivity (Wildman–Crippen MR) is 67.3 cm³/mol. The van der Waals surface area contributed by atoms with Crippen LogP contribution in [0.15, 0.2) is 22.7 Å². The lowest BCUT2D eigenvalue weighted by Crippen LogP contribution is -2.25. The fourth-order valence-electron chi connectivity index (χ4n) is 1.61. The maximum Gasteiger partial charge on any atom is 0.109 e. The molecule has 0 aliphatic carbocycles. The molecule has 3 N–H and O–H groups in total. The van der Waals surface area contributed by atoms with Crippen molar-refractivity contribution in [2.75, 3.05) is 13.7 Å². The lowest BCUT2D eigenvalue weighted by molar-refractivity contribution is 0.108. The van der Waals surface area contributed by atoms with Crippen LogP contribution in [0.25, 0.3) is 11.0 Å². The van der Waals surface area contributed by atoms with Gasteiger partial charge in [0.05, 0.1) is 17.1 Å². The van der Waals surface area contributed by atoms with Gasteiger partial charge in [-0.05, 0) is 18.2 Å². The molecule has 0 radical (unpaired) electrons. The number of nitrogens with one attached hydrogen (secondary N) is 1. The minimum Gasteiger partial charge on any atom is -0.380 e. The van der Waals surface area contributed by atoms with Crippen LogP contribution >= 0.6 is 15.9 Å². The molecular formula is C11H14BrN3O. The van der Waals surface area contributed by atoms with Crippen molar-refractivity contribution in [2.45, 2.75) is 12.5 Å². The summed E-state index contributed by atoms with van der Waals surface area (Å²) in [6.45, 7) is 0.497. The van der Waals surface area contributed by atoms with Crippen molar-refractivity contribution in [2.24, 2.45) is 5.73 Å². The third-order valence-corrected chi connectivity index (χ3v) is 3.00. The van der Waals surface area contributed by atoms with E-state index in [9.17, 15) is 0 Å². The van der Waals surface area contributed by atoms with E-state index in [0.717, 1.165) is 21.3 Å². The molecule has 0 saturated carbocycles. The predicted octanol–water partition coefficient (Wildman–Crippen LogP) is 1.84. The molecule has 0 fully saturated rings. The maximum absolute atomic E-state index is 5.58. The van der Waals surface area contributed by atoms with Crippen LogP contribution in [0, 0.1) is 0 Å². The Balaban J connectivity index is 2.25. The second kappa shape index (κ2) is 4.95. The van der Waals surface area contributed by atoms with Gasteiger partial charge in [-0.15, -0.1) is 0 Å². The van der Waals surface area contributed by atoms with Crippen molar-refractivity contribution in [1.82, 2.24) is 9.97 Å². The minimum atomic E-state index is 0.0176. The summed E-state index contributed by atoms with van der Waals surface area (Å²) in [6.07, 6.45) is 0.725. The molecule has 16 heavy (non-hydrogen) atoms. The molecule has 0 bridgehead atoms. The van der Waals surface area contributed by atoms with Gasteiger partial charge in [0.15, 0.2) is 0 Å². The van der Waals surface area contributed by atoms with Crippen LogP contribution in [-0.4, -0.2) is 29.7 Å². The van der Waals surface area contributed by atoms with Crippen molar-refractivity contribution in [3.8, 4) is 0 Å². The number of nitrogens with zero attached hydrogens (tertiary/aromatic N) is 1. The molecule has 0 aliphatic rings. The average Bonchev–Trinajstić information content (AvgIpc) is 2.67. The fraction of sp³-hybridized carbons (Fsp3) is 0.364. The third-order valence-electron chi connectivity index (χ3n) is 2.51.